The summed E-state index contributed by atoms with van der Waals surface area (Å²) in [7, 11) is 0. The summed E-state index contributed by atoms with van der Waals surface area (Å²) in [5.74, 6) is 0.920. The number of benzene rings is 1. The Kier molecular flexibility index (Phi) is 1.86. The summed E-state index contributed by atoms with van der Waals surface area (Å²) in [5, 5.41) is 0. The first kappa shape index (κ1) is 7.41. The third kappa shape index (κ3) is 1.35. The molecule has 0 amide bonds. The van der Waals surface area contributed by atoms with Crippen molar-refractivity contribution in [3.8, 4) is 0 Å². The van der Waals surface area contributed by atoms with Gasteiger partial charge in [0.25, 0.3) is 0 Å². The van der Waals surface area contributed by atoms with E-state index in [4.69, 9.17) is 4.74 Å². The second-order valence-corrected chi connectivity index (χ2v) is 3.09. The van der Waals surface area contributed by atoms with Gasteiger partial charge in [-0.3, -0.25) is 0 Å². The molecule has 0 aromatic heterocycles. The average Bonchev–Trinajstić information content (AvgIpc) is 2.54. The molecule has 0 aliphatic carbocycles. The Morgan fingerprint density at radius 3 is 2.58 bits per heavy atom. The Morgan fingerprint density at radius 1 is 1.25 bits per heavy atom. The van der Waals surface area contributed by atoms with Crippen molar-refractivity contribution in [1.82, 2.24) is 0 Å². The van der Waals surface area contributed by atoms with Crippen LogP contribution in [0.15, 0.2) is 42.7 Å². The van der Waals surface area contributed by atoms with E-state index in [0.29, 0.717) is 0 Å². The van der Waals surface area contributed by atoms with E-state index in [1.807, 2.05) is 18.2 Å². The maximum Gasteiger partial charge on any atom is 0.124 e. The third-order valence-electron chi connectivity index (χ3n) is 2.17. The Balaban J connectivity index is 2.16. The number of ether oxygens (including phenoxy) is 1. The van der Waals surface area contributed by atoms with Crippen LogP contribution in [-0.2, 0) is 4.74 Å². The molecule has 1 aromatic carbocycles. The van der Waals surface area contributed by atoms with Crippen LogP contribution in [0.1, 0.15) is 24.5 Å². The second kappa shape index (κ2) is 3.02. The zero-order valence-corrected chi connectivity index (χ0v) is 6.99. The Morgan fingerprint density at radius 2 is 2.00 bits per heavy atom. The van der Waals surface area contributed by atoms with Crippen molar-refractivity contribution in [2.75, 3.05) is 0 Å². The predicted octanol–water partition coefficient (Wildman–Crippen LogP) is 3.05. The highest BCUT2D eigenvalue weighted by Gasteiger charge is 2.20. The molecule has 0 radical (unpaired) electrons. The first-order valence-corrected chi connectivity index (χ1v) is 4.25. The molecule has 1 heterocycles. The molecule has 1 nitrogen and oxygen atoms in total. The maximum atomic E-state index is 5.55. The van der Waals surface area contributed by atoms with Gasteiger partial charge in [0, 0.05) is 6.42 Å². The summed E-state index contributed by atoms with van der Waals surface area (Å²) in [6.07, 6.45) is 2.32. The number of allylic oxidation sites excluding steroid dienone is 1. The Hall–Kier alpha value is -1.24. The van der Waals surface area contributed by atoms with Crippen LogP contribution in [0.4, 0.5) is 0 Å². The van der Waals surface area contributed by atoms with Gasteiger partial charge in [-0.05, 0) is 12.0 Å². The van der Waals surface area contributed by atoms with Crippen LogP contribution < -0.4 is 0 Å². The quantitative estimate of drug-likeness (QED) is 0.613. The monoisotopic (exact) mass is 160 g/mol. The van der Waals surface area contributed by atoms with Crippen molar-refractivity contribution in [1.29, 1.82) is 0 Å². The zero-order valence-electron chi connectivity index (χ0n) is 6.99. The molecule has 1 unspecified atom stereocenters. The molecular weight excluding hydrogens is 148 g/mol. The topological polar surface area (TPSA) is 9.23 Å². The molecule has 0 N–H and O–H groups in total. The normalized spacial score (nSPS) is 22.3. The molecular formula is C11H12O. The van der Waals surface area contributed by atoms with E-state index < -0.39 is 0 Å². The van der Waals surface area contributed by atoms with Crippen LogP contribution in [0, 0.1) is 0 Å². The molecule has 1 atom stereocenters. The average molecular weight is 160 g/mol. The third-order valence-corrected chi connectivity index (χ3v) is 2.17. The lowest BCUT2D eigenvalue weighted by Crippen LogP contribution is -1.93. The zero-order chi connectivity index (χ0) is 8.39. The summed E-state index contributed by atoms with van der Waals surface area (Å²) in [5.41, 5.74) is 1.26. The minimum Gasteiger partial charge on any atom is -0.491 e. The van der Waals surface area contributed by atoms with E-state index in [-0.39, 0.29) is 6.10 Å². The molecule has 62 valence electrons. The van der Waals surface area contributed by atoms with Crippen molar-refractivity contribution in [3.63, 3.8) is 0 Å². The molecule has 1 fully saturated rings. The van der Waals surface area contributed by atoms with Crippen molar-refractivity contribution < 1.29 is 4.74 Å². The largest absolute Gasteiger partial charge is 0.491 e. The standard InChI is InChI=1S/C11H12O/c1-9-7-8-11(12-9)10-5-3-2-4-6-10/h2-6,11H,1,7-8H2. The van der Waals surface area contributed by atoms with Gasteiger partial charge in [0.15, 0.2) is 0 Å². The number of hydrogen-bond acceptors (Lipinski definition) is 1. The van der Waals surface area contributed by atoms with Gasteiger partial charge >= 0.3 is 0 Å². The fourth-order valence-electron chi connectivity index (χ4n) is 1.51. The molecule has 1 aliphatic heterocycles. The van der Waals surface area contributed by atoms with Gasteiger partial charge in [0.2, 0.25) is 0 Å². The van der Waals surface area contributed by atoms with Crippen molar-refractivity contribution >= 4 is 0 Å². The molecule has 1 aromatic rings. The van der Waals surface area contributed by atoms with Crippen molar-refractivity contribution in [3.05, 3.63) is 48.2 Å². The van der Waals surface area contributed by atoms with Gasteiger partial charge in [0.1, 0.15) is 6.10 Å². The van der Waals surface area contributed by atoms with E-state index in [9.17, 15) is 0 Å². The van der Waals surface area contributed by atoms with E-state index in [1.54, 1.807) is 0 Å². The second-order valence-electron chi connectivity index (χ2n) is 3.09. The van der Waals surface area contributed by atoms with E-state index in [2.05, 4.69) is 18.7 Å². The highest BCUT2D eigenvalue weighted by atomic mass is 16.5. The molecule has 12 heavy (non-hydrogen) atoms. The SMILES string of the molecule is C=C1CCC(c2ccccc2)O1. The fourth-order valence-corrected chi connectivity index (χ4v) is 1.51. The van der Waals surface area contributed by atoms with Crippen LogP contribution in [0.2, 0.25) is 0 Å². The smallest absolute Gasteiger partial charge is 0.124 e. The first-order chi connectivity index (χ1) is 5.86. The maximum absolute atomic E-state index is 5.55. The highest BCUT2D eigenvalue weighted by molar-refractivity contribution is 5.19. The van der Waals surface area contributed by atoms with Gasteiger partial charge < -0.3 is 4.74 Å². The molecule has 1 saturated heterocycles. The minimum absolute atomic E-state index is 0.249. The van der Waals surface area contributed by atoms with Crippen LogP contribution in [0.5, 0.6) is 0 Å². The fraction of sp³-hybridized carbons (Fsp3) is 0.273. The van der Waals surface area contributed by atoms with Crippen molar-refractivity contribution in [2.45, 2.75) is 18.9 Å². The molecule has 0 saturated carbocycles. The van der Waals surface area contributed by atoms with E-state index in [1.165, 1.54) is 5.56 Å². The number of rotatable bonds is 1. The highest BCUT2D eigenvalue weighted by Crippen LogP contribution is 2.33. The van der Waals surface area contributed by atoms with Crippen molar-refractivity contribution in [2.24, 2.45) is 0 Å². The van der Waals surface area contributed by atoms with Crippen LogP contribution >= 0.6 is 0 Å². The lowest BCUT2D eigenvalue weighted by Gasteiger charge is -2.09. The Bertz CT molecular complexity index is 276. The predicted molar refractivity (Wildman–Crippen MR) is 48.6 cm³/mol. The van der Waals surface area contributed by atoms with Gasteiger partial charge in [-0.2, -0.15) is 0 Å². The van der Waals surface area contributed by atoms with Crippen LogP contribution in [-0.4, -0.2) is 0 Å². The lowest BCUT2D eigenvalue weighted by atomic mass is 10.1. The molecule has 0 bridgehead atoms. The number of hydrogen-bond donors (Lipinski definition) is 0. The summed E-state index contributed by atoms with van der Waals surface area (Å²) in [6.45, 7) is 3.81. The van der Waals surface area contributed by atoms with E-state index >= 15 is 0 Å². The van der Waals surface area contributed by atoms with Gasteiger partial charge in [-0.25, -0.2) is 0 Å². The molecule has 1 heteroatoms. The Labute approximate surface area is 72.7 Å². The lowest BCUT2D eigenvalue weighted by molar-refractivity contribution is 0.164. The van der Waals surface area contributed by atoms with Crippen LogP contribution in [0.3, 0.4) is 0 Å². The molecule has 2 rings (SSSR count). The first-order valence-electron chi connectivity index (χ1n) is 4.25. The van der Waals surface area contributed by atoms with Crippen LogP contribution in [0.25, 0.3) is 0 Å². The van der Waals surface area contributed by atoms with Gasteiger partial charge in [0.05, 0.1) is 5.76 Å². The van der Waals surface area contributed by atoms with Gasteiger partial charge in [-0.15, -0.1) is 0 Å². The summed E-state index contributed by atoms with van der Waals surface area (Å²) < 4.78 is 5.55. The summed E-state index contributed by atoms with van der Waals surface area (Å²) in [4.78, 5) is 0. The molecule has 1 aliphatic rings. The summed E-state index contributed by atoms with van der Waals surface area (Å²) in [6, 6.07) is 10.3. The minimum atomic E-state index is 0.249. The van der Waals surface area contributed by atoms with E-state index in [0.717, 1.165) is 18.6 Å². The summed E-state index contributed by atoms with van der Waals surface area (Å²) >= 11 is 0. The molecule has 0 spiro atoms. The van der Waals surface area contributed by atoms with Gasteiger partial charge in [-0.1, -0.05) is 36.9 Å².